The van der Waals surface area contributed by atoms with Gasteiger partial charge in [0, 0.05) is 11.6 Å². The zero-order valence-corrected chi connectivity index (χ0v) is 15.3. The van der Waals surface area contributed by atoms with Crippen LogP contribution in [0.3, 0.4) is 0 Å². The highest BCUT2D eigenvalue weighted by atomic mass is 32.2. The quantitative estimate of drug-likeness (QED) is 0.786. The van der Waals surface area contributed by atoms with E-state index in [9.17, 15) is 10.1 Å². The summed E-state index contributed by atoms with van der Waals surface area (Å²) in [5.74, 6) is 0.212. The van der Waals surface area contributed by atoms with E-state index in [1.807, 2.05) is 18.2 Å². The smallest absolute Gasteiger partial charge is 0.286 e. The fourth-order valence-electron chi connectivity index (χ4n) is 3.14. The Bertz CT molecular complexity index is 1020. The minimum atomic E-state index is -0.340. The maximum Gasteiger partial charge on any atom is 0.286 e. The summed E-state index contributed by atoms with van der Waals surface area (Å²) >= 11 is 1.15. The van der Waals surface area contributed by atoms with Gasteiger partial charge in [-0.2, -0.15) is 10.3 Å². The van der Waals surface area contributed by atoms with E-state index in [0.717, 1.165) is 54.2 Å². The van der Waals surface area contributed by atoms with Crippen LogP contribution in [-0.2, 0) is 4.79 Å². The molecule has 8 heteroatoms. The minimum Gasteiger partial charge on any atom is -0.488 e. The molecule has 3 heterocycles. The lowest BCUT2D eigenvalue weighted by atomic mass is 10.1. The van der Waals surface area contributed by atoms with E-state index in [4.69, 9.17) is 10.5 Å². The SMILES string of the molecule is N#Cc1cnc2ccc(/C=C3\SC(N)=NC3=O)cc2c1OC1CCNCC1. The Kier molecular flexibility index (Phi) is 4.79. The average molecular weight is 379 g/mol. The third-order valence-corrected chi connectivity index (χ3v) is 5.28. The second kappa shape index (κ2) is 7.39. The number of amidine groups is 1. The van der Waals surface area contributed by atoms with Crippen LogP contribution in [0.5, 0.6) is 5.75 Å². The number of hydrogen-bond acceptors (Lipinski definition) is 7. The van der Waals surface area contributed by atoms with Crippen LogP contribution in [0.4, 0.5) is 0 Å². The first-order valence-electron chi connectivity index (χ1n) is 8.62. The van der Waals surface area contributed by atoms with Crippen molar-refractivity contribution in [1.82, 2.24) is 10.3 Å². The number of aromatic nitrogens is 1. The van der Waals surface area contributed by atoms with Crippen molar-refractivity contribution in [3.05, 3.63) is 40.4 Å². The van der Waals surface area contributed by atoms with Crippen molar-refractivity contribution in [2.45, 2.75) is 18.9 Å². The van der Waals surface area contributed by atoms with Crippen molar-refractivity contribution in [2.24, 2.45) is 10.7 Å². The Labute approximate surface area is 160 Å². The van der Waals surface area contributed by atoms with Gasteiger partial charge in [0.25, 0.3) is 5.91 Å². The van der Waals surface area contributed by atoms with Crippen LogP contribution < -0.4 is 15.8 Å². The molecule has 1 aromatic heterocycles. The van der Waals surface area contributed by atoms with Crippen LogP contribution in [0, 0.1) is 11.3 Å². The number of pyridine rings is 1. The van der Waals surface area contributed by atoms with E-state index in [0.29, 0.717) is 16.2 Å². The number of carbonyl (C=O) groups is 1. The van der Waals surface area contributed by atoms with Gasteiger partial charge < -0.3 is 15.8 Å². The van der Waals surface area contributed by atoms with Crippen LogP contribution >= 0.6 is 11.8 Å². The lowest BCUT2D eigenvalue weighted by Crippen LogP contribution is -2.34. The largest absolute Gasteiger partial charge is 0.488 e. The first-order valence-corrected chi connectivity index (χ1v) is 9.44. The van der Waals surface area contributed by atoms with E-state index in [1.54, 1.807) is 12.3 Å². The number of thioether (sulfide) groups is 1. The van der Waals surface area contributed by atoms with Crippen LogP contribution in [0.2, 0.25) is 0 Å². The maximum atomic E-state index is 11.8. The molecule has 2 aromatic rings. The molecule has 136 valence electrons. The third-order valence-electron chi connectivity index (χ3n) is 4.47. The summed E-state index contributed by atoms with van der Waals surface area (Å²) in [5, 5.41) is 13.8. The van der Waals surface area contributed by atoms with Crippen LogP contribution in [0.1, 0.15) is 24.0 Å². The van der Waals surface area contributed by atoms with E-state index in [-0.39, 0.29) is 17.2 Å². The number of nitrogens with two attached hydrogens (primary N) is 1. The summed E-state index contributed by atoms with van der Waals surface area (Å²) in [6, 6.07) is 7.77. The maximum absolute atomic E-state index is 11.8. The lowest BCUT2D eigenvalue weighted by molar-refractivity contribution is -0.113. The molecule has 0 radical (unpaired) electrons. The Morgan fingerprint density at radius 3 is 2.89 bits per heavy atom. The van der Waals surface area contributed by atoms with Crippen molar-refractivity contribution < 1.29 is 9.53 Å². The fourth-order valence-corrected chi connectivity index (χ4v) is 3.82. The number of fused-ring (bicyclic) bond motifs is 1. The van der Waals surface area contributed by atoms with Crippen LogP contribution in [-0.4, -0.2) is 35.3 Å². The van der Waals surface area contributed by atoms with Gasteiger partial charge in [-0.3, -0.25) is 9.78 Å². The van der Waals surface area contributed by atoms with Crippen molar-refractivity contribution in [3.8, 4) is 11.8 Å². The number of carbonyl (C=O) groups excluding carboxylic acids is 1. The molecule has 0 bridgehead atoms. The molecule has 3 N–H and O–H groups in total. The second-order valence-corrected chi connectivity index (χ2v) is 7.38. The Morgan fingerprint density at radius 2 is 2.19 bits per heavy atom. The number of piperidine rings is 1. The van der Waals surface area contributed by atoms with Gasteiger partial charge in [-0.15, -0.1) is 0 Å². The molecule has 0 spiro atoms. The zero-order valence-electron chi connectivity index (χ0n) is 14.4. The molecule has 0 saturated carbocycles. The van der Waals surface area contributed by atoms with Gasteiger partial charge in [0.1, 0.15) is 23.5 Å². The van der Waals surface area contributed by atoms with Crippen LogP contribution in [0.15, 0.2) is 34.3 Å². The second-order valence-electron chi connectivity index (χ2n) is 6.32. The highest BCUT2D eigenvalue weighted by molar-refractivity contribution is 8.18. The number of benzene rings is 1. The molecule has 2 aliphatic rings. The van der Waals surface area contributed by atoms with Gasteiger partial charge in [-0.25, -0.2) is 0 Å². The first kappa shape index (κ1) is 17.5. The highest BCUT2D eigenvalue weighted by Gasteiger charge is 2.21. The molecular formula is C19H17N5O2S. The number of hydrogen-bond donors (Lipinski definition) is 2. The van der Waals surface area contributed by atoms with Crippen molar-refractivity contribution in [3.63, 3.8) is 0 Å². The van der Waals surface area contributed by atoms with E-state index < -0.39 is 0 Å². The van der Waals surface area contributed by atoms with Gasteiger partial charge in [-0.05, 0) is 61.5 Å². The monoisotopic (exact) mass is 379 g/mol. The molecule has 1 amide bonds. The average Bonchev–Trinajstić information content (AvgIpc) is 3.00. The number of amides is 1. The van der Waals surface area contributed by atoms with E-state index >= 15 is 0 Å². The molecule has 1 aromatic carbocycles. The molecule has 27 heavy (non-hydrogen) atoms. The third kappa shape index (κ3) is 3.65. The molecule has 0 unspecified atom stereocenters. The topological polar surface area (TPSA) is 113 Å². The summed E-state index contributed by atoms with van der Waals surface area (Å²) in [5.41, 5.74) is 7.55. The molecule has 0 atom stereocenters. The van der Waals surface area contributed by atoms with Gasteiger partial charge in [0.2, 0.25) is 0 Å². The highest BCUT2D eigenvalue weighted by Crippen LogP contribution is 2.33. The number of nitrogens with zero attached hydrogens (tertiary/aromatic N) is 3. The normalized spacial score (nSPS) is 19.3. The summed E-state index contributed by atoms with van der Waals surface area (Å²) in [6.07, 6.45) is 5.12. The van der Waals surface area contributed by atoms with Crippen molar-refractivity contribution in [2.75, 3.05) is 13.1 Å². The van der Waals surface area contributed by atoms with Crippen molar-refractivity contribution in [1.29, 1.82) is 5.26 Å². The molecule has 1 saturated heterocycles. The number of nitrogens with one attached hydrogen (secondary N) is 1. The molecule has 2 aliphatic heterocycles. The minimum absolute atomic E-state index is 0.0612. The van der Waals surface area contributed by atoms with E-state index in [2.05, 4.69) is 21.4 Å². The van der Waals surface area contributed by atoms with Crippen LogP contribution in [0.25, 0.3) is 17.0 Å². The Hall–Kier alpha value is -2.89. The molecular weight excluding hydrogens is 362 g/mol. The van der Waals surface area contributed by atoms with Gasteiger partial charge in [-0.1, -0.05) is 6.07 Å². The molecule has 7 nitrogen and oxygen atoms in total. The summed E-state index contributed by atoms with van der Waals surface area (Å²) < 4.78 is 6.22. The first-order chi connectivity index (χ1) is 13.1. The summed E-state index contributed by atoms with van der Waals surface area (Å²) in [4.78, 5) is 20.4. The number of ether oxygens (including phenoxy) is 1. The van der Waals surface area contributed by atoms with Gasteiger partial charge in [0.15, 0.2) is 5.17 Å². The molecule has 0 aliphatic carbocycles. The van der Waals surface area contributed by atoms with Crippen molar-refractivity contribution >= 4 is 39.8 Å². The Balaban J connectivity index is 1.75. The molecule has 4 rings (SSSR count). The fraction of sp³-hybridized carbons (Fsp3) is 0.263. The number of rotatable bonds is 3. The number of nitriles is 1. The predicted octanol–water partition coefficient (Wildman–Crippen LogP) is 2.17. The summed E-state index contributed by atoms with van der Waals surface area (Å²) in [7, 11) is 0. The number of aliphatic imine (C=N–C) groups is 1. The summed E-state index contributed by atoms with van der Waals surface area (Å²) in [6.45, 7) is 1.79. The molecule has 1 fully saturated rings. The standard InChI is InChI=1S/C19H17N5O2S/c20-9-12-10-23-15-2-1-11(8-16-18(25)24-19(21)27-16)7-14(15)17(12)26-13-3-5-22-6-4-13/h1-2,7-8,10,13,22H,3-6H2,(H2,21,24,25)/b16-8-. The lowest BCUT2D eigenvalue weighted by Gasteiger charge is -2.25. The Morgan fingerprint density at radius 1 is 1.37 bits per heavy atom. The van der Waals surface area contributed by atoms with Gasteiger partial charge in [0.05, 0.1) is 10.4 Å². The van der Waals surface area contributed by atoms with Gasteiger partial charge >= 0.3 is 0 Å². The zero-order chi connectivity index (χ0) is 18.8. The predicted molar refractivity (Wildman–Crippen MR) is 105 cm³/mol. The van der Waals surface area contributed by atoms with E-state index in [1.165, 1.54) is 0 Å².